The van der Waals surface area contributed by atoms with E-state index < -0.39 is 12.7 Å². The van der Waals surface area contributed by atoms with Gasteiger partial charge >= 0.3 is 6.18 Å². The third-order valence-corrected chi connectivity index (χ3v) is 2.94. The fraction of sp³-hybridized carbons (Fsp3) is 0.538. The highest BCUT2D eigenvalue weighted by molar-refractivity contribution is 5.40. The first-order valence-corrected chi connectivity index (χ1v) is 5.88. The molecule has 102 valence electrons. The van der Waals surface area contributed by atoms with Crippen LogP contribution in [0.2, 0.25) is 0 Å². The van der Waals surface area contributed by atoms with Gasteiger partial charge in [-0.1, -0.05) is 12.1 Å². The molecule has 1 aromatic carbocycles. The van der Waals surface area contributed by atoms with E-state index in [1.54, 1.807) is 45.0 Å². The zero-order valence-electron chi connectivity index (χ0n) is 10.8. The van der Waals surface area contributed by atoms with Crippen LogP contribution >= 0.6 is 0 Å². The Bertz CT molecular complexity index is 371. The van der Waals surface area contributed by atoms with Crippen molar-refractivity contribution in [3.8, 4) is 0 Å². The molecule has 2 nitrogen and oxygen atoms in total. The van der Waals surface area contributed by atoms with Crippen molar-refractivity contribution in [2.45, 2.75) is 39.0 Å². The number of hydrogen-bond donors (Lipinski definition) is 1. The van der Waals surface area contributed by atoms with E-state index in [4.69, 9.17) is 5.73 Å². The molecule has 1 aromatic rings. The molecule has 0 saturated carbocycles. The van der Waals surface area contributed by atoms with Crippen molar-refractivity contribution in [3.05, 3.63) is 29.8 Å². The standard InChI is InChI=1S/C13H19F3N2/c1-9(2)18(8-13(14,15)16)10(3)11-4-6-12(17)7-5-11/h4-7,9-10H,8,17H2,1-3H3. The number of alkyl halides is 3. The van der Waals surface area contributed by atoms with Crippen molar-refractivity contribution in [1.82, 2.24) is 4.90 Å². The van der Waals surface area contributed by atoms with Crippen LogP contribution in [-0.2, 0) is 0 Å². The summed E-state index contributed by atoms with van der Waals surface area (Å²) in [4.78, 5) is 1.42. The summed E-state index contributed by atoms with van der Waals surface area (Å²) >= 11 is 0. The largest absolute Gasteiger partial charge is 0.401 e. The first-order chi connectivity index (χ1) is 8.20. The van der Waals surface area contributed by atoms with E-state index in [-0.39, 0.29) is 12.1 Å². The summed E-state index contributed by atoms with van der Waals surface area (Å²) in [6, 6.07) is 6.47. The molecule has 0 aliphatic carbocycles. The minimum absolute atomic E-state index is 0.181. The number of nitrogen functional groups attached to an aromatic ring is 1. The SMILES string of the molecule is CC(C)N(CC(F)(F)F)C(C)c1ccc(N)cc1. The fourth-order valence-electron chi connectivity index (χ4n) is 1.94. The first kappa shape index (κ1) is 14.8. The van der Waals surface area contributed by atoms with Crippen LogP contribution in [0.1, 0.15) is 32.4 Å². The summed E-state index contributed by atoms with van der Waals surface area (Å²) in [7, 11) is 0. The van der Waals surface area contributed by atoms with E-state index in [0.717, 1.165) is 5.56 Å². The summed E-state index contributed by atoms with van der Waals surface area (Å²) in [5.41, 5.74) is 7.02. The van der Waals surface area contributed by atoms with Gasteiger partial charge in [-0.05, 0) is 38.5 Å². The van der Waals surface area contributed by atoms with Crippen LogP contribution < -0.4 is 5.73 Å². The van der Waals surface area contributed by atoms with Crippen molar-refractivity contribution in [2.24, 2.45) is 0 Å². The number of benzene rings is 1. The highest BCUT2D eigenvalue weighted by atomic mass is 19.4. The van der Waals surface area contributed by atoms with Gasteiger partial charge in [0.1, 0.15) is 0 Å². The number of halogens is 3. The van der Waals surface area contributed by atoms with E-state index in [1.165, 1.54) is 4.90 Å². The monoisotopic (exact) mass is 260 g/mol. The van der Waals surface area contributed by atoms with Crippen molar-refractivity contribution in [2.75, 3.05) is 12.3 Å². The molecule has 0 saturated heterocycles. The lowest BCUT2D eigenvalue weighted by molar-refractivity contribution is -0.154. The maximum atomic E-state index is 12.5. The number of hydrogen-bond acceptors (Lipinski definition) is 2. The maximum absolute atomic E-state index is 12.5. The zero-order valence-corrected chi connectivity index (χ0v) is 10.8. The Morgan fingerprint density at radius 2 is 1.61 bits per heavy atom. The normalized spacial score (nSPS) is 14.2. The quantitative estimate of drug-likeness (QED) is 0.838. The molecule has 0 bridgehead atoms. The summed E-state index contributed by atoms with van der Waals surface area (Å²) in [5, 5.41) is 0. The predicted octanol–water partition coefficient (Wildman–Crippen LogP) is 3.60. The first-order valence-electron chi connectivity index (χ1n) is 5.88. The van der Waals surface area contributed by atoms with E-state index in [2.05, 4.69) is 0 Å². The van der Waals surface area contributed by atoms with Crippen molar-refractivity contribution in [1.29, 1.82) is 0 Å². The van der Waals surface area contributed by atoms with Crippen LogP contribution in [0.4, 0.5) is 18.9 Å². The van der Waals surface area contributed by atoms with Crippen LogP contribution in [0.25, 0.3) is 0 Å². The Morgan fingerprint density at radius 1 is 1.11 bits per heavy atom. The Morgan fingerprint density at radius 3 is 2.00 bits per heavy atom. The lowest BCUT2D eigenvalue weighted by atomic mass is 10.0. The molecular weight excluding hydrogens is 241 g/mol. The third kappa shape index (κ3) is 4.22. The van der Waals surface area contributed by atoms with Gasteiger partial charge in [0.2, 0.25) is 0 Å². The maximum Gasteiger partial charge on any atom is 0.401 e. The van der Waals surface area contributed by atoms with Crippen molar-refractivity contribution in [3.63, 3.8) is 0 Å². The van der Waals surface area contributed by atoms with Crippen molar-refractivity contribution >= 4 is 5.69 Å². The average Bonchev–Trinajstić information content (AvgIpc) is 2.24. The Labute approximate surface area is 106 Å². The molecule has 1 rings (SSSR count). The van der Waals surface area contributed by atoms with E-state index in [9.17, 15) is 13.2 Å². The van der Waals surface area contributed by atoms with E-state index in [0.29, 0.717) is 5.69 Å². The molecule has 2 N–H and O–H groups in total. The molecular formula is C13H19F3N2. The molecule has 0 radical (unpaired) electrons. The molecule has 18 heavy (non-hydrogen) atoms. The highest BCUT2D eigenvalue weighted by Gasteiger charge is 2.34. The van der Waals surface area contributed by atoms with Crippen LogP contribution in [0.5, 0.6) is 0 Å². The molecule has 0 heterocycles. The van der Waals surface area contributed by atoms with Gasteiger partial charge in [0, 0.05) is 17.8 Å². The smallest absolute Gasteiger partial charge is 0.399 e. The highest BCUT2D eigenvalue weighted by Crippen LogP contribution is 2.27. The van der Waals surface area contributed by atoms with Gasteiger partial charge < -0.3 is 5.73 Å². The Balaban J connectivity index is 2.89. The average molecular weight is 260 g/mol. The lowest BCUT2D eigenvalue weighted by Crippen LogP contribution is -2.40. The molecule has 0 aliphatic rings. The zero-order chi connectivity index (χ0) is 13.9. The lowest BCUT2D eigenvalue weighted by Gasteiger charge is -2.33. The molecule has 0 aliphatic heterocycles. The van der Waals surface area contributed by atoms with Crippen LogP contribution in [0.3, 0.4) is 0 Å². The van der Waals surface area contributed by atoms with Crippen LogP contribution in [0.15, 0.2) is 24.3 Å². The van der Waals surface area contributed by atoms with E-state index >= 15 is 0 Å². The molecule has 0 fully saturated rings. The second-order valence-electron chi connectivity index (χ2n) is 4.72. The number of rotatable bonds is 4. The summed E-state index contributed by atoms with van der Waals surface area (Å²) in [6.07, 6.45) is -4.19. The second kappa shape index (κ2) is 5.61. The Hall–Kier alpha value is -1.23. The van der Waals surface area contributed by atoms with Gasteiger partial charge in [0.05, 0.1) is 6.54 Å². The second-order valence-corrected chi connectivity index (χ2v) is 4.72. The minimum Gasteiger partial charge on any atom is -0.399 e. The molecule has 5 heteroatoms. The van der Waals surface area contributed by atoms with E-state index in [1.807, 2.05) is 0 Å². The number of nitrogens with two attached hydrogens (primary N) is 1. The van der Waals surface area contributed by atoms with Gasteiger partial charge in [-0.15, -0.1) is 0 Å². The van der Waals surface area contributed by atoms with Crippen LogP contribution in [-0.4, -0.2) is 23.7 Å². The van der Waals surface area contributed by atoms with Gasteiger partial charge in [-0.25, -0.2) is 0 Å². The Kier molecular flexibility index (Phi) is 4.62. The molecule has 0 amide bonds. The summed E-state index contributed by atoms with van der Waals surface area (Å²) in [5.74, 6) is 0. The number of anilines is 1. The van der Waals surface area contributed by atoms with Crippen LogP contribution in [0, 0.1) is 0 Å². The van der Waals surface area contributed by atoms with Gasteiger partial charge in [-0.2, -0.15) is 13.2 Å². The third-order valence-electron chi connectivity index (χ3n) is 2.94. The molecule has 1 atom stereocenters. The minimum atomic E-state index is -4.19. The van der Waals surface area contributed by atoms with Gasteiger partial charge in [0.15, 0.2) is 0 Å². The topological polar surface area (TPSA) is 29.3 Å². The fourth-order valence-corrected chi connectivity index (χ4v) is 1.94. The van der Waals surface area contributed by atoms with Gasteiger partial charge in [-0.3, -0.25) is 4.90 Å². The van der Waals surface area contributed by atoms with Gasteiger partial charge in [0.25, 0.3) is 0 Å². The van der Waals surface area contributed by atoms with Crippen molar-refractivity contribution < 1.29 is 13.2 Å². The molecule has 0 aromatic heterocycles. The molecule has 1 unspecified atom stereocenters. The summed E-state index contributed by atoms with van der Waals surface area (Å²) < 4.78 is 37.6. The summed E-state index contributed by atoms with van der Waals surface area (Å²) in [6.45, 7) is 4.40. The number of nitrogens with zero attached hydrogens (tertiary/aromatic N) is 1. The molecule has 0 spiro atoms. The predicted molar refractivity (Wildman–Crippen MR) is 67.2 cm³/mol.